The van der Waals surface area contributed by atoms with Gasteiger partial charge < -0.3 is 10.3 Å². The first-order valence-corrected chi connectivity index (χ1v) is 7.84. The average molecular weight is 292 g/mol. The van der Waals surface area contributed by atoms with Crippen molar-refractivity contribution in [3.8, 4) is 0 Å². The smallest absolute Gasteiger partial charge is 0.139 e. The normalized spacial score (nSPS) is 18.8. The largest absolute Gasteiger partial charge is 0.366 e. The summed E-state index contributed by atoms with van der Waals surface area (Å²) in [5, 5.41) is 4.72. The first-order valence-electron chi connectivity index (χ1n) is 7.84. The molecule has 1 saturated heterocycles. The van der Waals surface area contributed by atoms with Gasteiger partial charge in [0.2, 0.25) is 0 Å². The quantitative estimate of drug-likeness (QED) is 0.776. The van der Waals surface area contributed by atoms with Gasteiger partial charge >= 0.3 is 0 Å². The van der Waals surface area contributed by atoms with Crippen molar-refractivity contribution in [1.82, 2.24) is 14.9 Å². The van der Waals surface area contributed by atoms with Crippen molar-refractivity contribution in [3.05, 3.63) is 60.3 Å². The van der Waals surface area contributed by atoms with E-state index in [2.05, 4.69) is 62.6 Å². The Labute approximate surface area is 130 Å². The first-order chi connectivity index (χ1) is 10.9. The standard InChI is InChI=1S/C18H20N4/c1-2-4-14(5-3-1)12-22-11-9-16(13-22)20-17-7-6-15-8-10-19-18(15)21-17/h1-8,10,16H,9,11-13H2,(H2,19,20,21). The van der Waals surface area contributed by atoms with E-state index in [1.807, 2.05) is 12.3 Å². The summed E-state index contributed by atoms with van der Waals surface area (Å²) < 4.78 is 0. The summed E-state index contributed by atoms with van der Waals surface area (Å²) >= 11 is 0. The molecule has 0 bridgehead atoms. The van der Waals surface area contributed by atoms with Gasteiger partial charge in [-0.15, -0.1) is 0 Å². The monoisotopic (exact) mass is 292 g/mol. The summed E-state index contributed by atoms with van der Waals surface area (Å²) in [7, 11) is 0. The van der Waals surface area contributed by atoms with Gasteiger partial charge in [0.1, 0.15) is 11.5 Å². The van der Waals surface area contributed by atoms with E-state index in [4.69, 9.17) is 0 Å². The van der Waals surface area contributed by atoms with E-state index < -0.39 is 0 Å². The zero-order chi connectivity index (χ0) is 14.8. The zero-order valence-corrected chi connectivity index (χ0v) is 12.5. The Morgan fingerprint density at radius 1 is 1.14 bits per heavy atom. The van der Waals surface area contributed by atoms with Crippen molar-refractivity contribution < 1.29 is 0 Å². The highest BCUT2D eigenvalue weighted by molar-refractivity contribution is 5.77. The molecule has 1 fully saturated rings. The fraction of sp³-hybridized carbons (Fsp3) is 0.278. The van der Waals surface area contributed by atoms with Crippen LogP contribution in [-0.2, 0) is 6.54 Å². The molecule has 22 heavy (non-hydrogen) atoms. The summed E-state index contributed by atoms with van der Waals surface area (Å²) in [5.41, 5.74) is 2.33. The van der Waals surface area contributed by atoms with Crippen LogP contribution in [0.25, 0.3) is 11.0 Å². The Balaban J connectivity index is 1.38. The molecular formula is C18H20N4. The number of hydrogen-bond acceptors (Lipinski definition) is 3. The first kappa shape index (κ1) is 13.3. The van der Waals surface area contributed by atoms with Gasteiger partial charge in [0.05, 0.1) is 0 Å². The van der Waals surface area contributed by atoms with Crippen LogP contribution in [0.2, 0.25) is 0 Å². The van der Waals surface area contributed by atoms with Crippen LogP contribution in [0.1, 0.15) is 12.0 Å². The fourth-order valence-electron chi connectivity index (χ4n) is 3.16. The number of aromatic amines is 1. The van der Waals surface area contributed by atoms with E-state index in [1.54, 1.807) is 0 Å². The van der Waals surface area contributed by atoms with E-state index in [0.717, 1.165) is 42.9 Å². The number of anilines is 1. The molecule has 1 atom stereocenters. The number of benzene rings is 1. The molecule has 0 saturated carbocycles. The topological polar surface area (TPSA) is 44.0 Å². The van der Waals surface area contributed by atoms with Gasteiger partial charge in [-0.2, -0.15) is 0 Å². The minimum Gasteiger partial charge on any atom is -0.366 e. The molecule has 0 radical (unpaired) electrons. The minimum atomic E-state index is 0.476. The average Bonchev–Trinajstić information content (AvgIpc) is 3.17. The van der Waals surface area contributed by atoms with E-state index in [0.29, 0.717) is 6.04 Å². The van der Waals surface area contributed by atoms with Crippen LogP contribution in [-0.4, -0.2) is 34.0 Å². The van der Waals surface area contributed by atoms with Gasteiger partial charge in [0.15, 0.2) is 0 Å². The highest BCUT2D eigenvalue weighted by Gasteiger charge is 2.22. The number of H-pyrrole nitrogens is 1. The van der Waals surface area contributed by atoms with Crippen LogP contribution in [0, 0.1) is 0 Å². The second-order valence-electron chi connectivity index (χ2n) is 5.96. The molecule has 0 amide bonds. The van der Waals surface area contributed by atoms with Gasteiger partial charge in [0.25, 0.3) is 0 Å². The summed E-state index contributed by atoms with van der Waals surface area (Å²) in [6.45, 7) is 3.23. The maximum absolute atomic E-state index is 4.62. The Morgan fingerprint density at radius 3 is 2.95 bits per heavy atom. The summed E-state index contributed by atoms with van der Waals surface area (Å²) in [6, 6.07) is 17.4. The third kappa shape index (κ3) is 2.83. The van der Waals surface area contributed by atoms with Gasteiger partial charge in [-0.05, 0) is 30.2 Å². The zero-order valence-electron chi connectivity index (χ0n) is 12.5. The van der Waals surface area contributed by atoms with Crippen molar-refractivity contribution in [2.75, 3.05) is 18.4 Å². The molecule has 0 aliphatic carbocycles. The third-order valence-electron chi connectivity index (χ3n) is 4.28. The second kappa shape index (κ2) is 5.81. The molecule has 3 aromatic rings. The molecule has 2 N–H and O–H groups in total. The van der Waals surface area contributed by atoms with Gasteiger partial charge in [-0.3, -0.25) is 4.90 Å². The van der Waals surface area contributed by atoms with Crippen molar-refractivity contribution in [2.45, 2.75) is 19.0 Å². The van der Waals surface area contributed by atoms with Crippen molar-refractivity contribution >= 4 is 16.9 Å². The highest BCUT2D eigenvalue weighted by Crippen LogP contribution is 2.19. The van der Waals surface area contributed by atoms with Crippen molar-refractivity contribution in [1.29, 1.82) is 0 Å². The number of aromatic nitrogens is 2. The van der Waals surface area contributed by atoms with Gasteiger partial charge in [-0.1, -0.05) is 30.3 Å². The SMILES string of the molecule is c1ccc(CN2CCC(Nc3ccc4cc[nH]c4n3)C2)cc1. The van der Waals surface area contributed by atoms with Crippen LogP contribution < -0.4 is 5.32 Å². The molecule has 1 aliphatic rings. The lowest BCUT2D eigenvalue weighted by Gasteiger charge is -2.17. The number of rotatable bonds is 4. The molecule has 1 aliphatic heterocycles. The Morgan fingerprint density at radius 2 is 2.05 bits per heavy atom. The van der Waals surface area contributed by atoms with Crippen LogP contribution in [0.4, 0.5) is 5.82 Å². The minimum absolute atomic E-state index is 0.476. The number of likely N-dealkylation sites (tertiary alicyclic amines) is 1. The second-order valence-corrected chi connectivity index (χ2v) is 5.96. The lowest BCUT2D eigenvalue weighted by Crippen LogP contribution is -2.26. The van der Waals surface area contributed by atoms with Crippen LogP contribution in [0.15, 0.2) is 54.7 Å². The maximum atomic E-state index is 4.62. The molecule has 4 rings (SSSR count). The number of pyridine rings is 1. The van der Waals surface area contributed by atoms with Crippen LogP contribution >= 0.6 is 0 Å². The molecule has 4 nitrogen and oxygen atoms in total. The number of nitrogens with zero attached hydrogens (tertiary/aromatic N) is 2. The molecule has 1 aromatic carbocycles. The van der Waals surface area contributed by atoms with Crippen molar-refractivity contribution in [3.63, 3.8) is 0 Å². The van der Waals surface area contributed by atoms with E-state index in [-0.39, 0.29) is 0 Å². The Kier molecular flexibility index (Phi) is 3.52. The van der Waals surface area contributed by atoms with Crippen LogP contribution in [0.5, 0.6) is 0 Å². The lowest BCUT2D eigenvalue weighted by molar-refractivity contribution is 0.328. The van der Waals surface area contributed by atoms with Crippen molar-refractivity contribution in [2.24, 2.45) is 0 Å². The van der Waals surface area contributed by atoms with E-state index in [1.165, 1.54) is 5.56 Å². The molecule has 2 aromatic heterocycles. The predicted molar refractivity (Wildman–Crippen MR) is 89.8 cm³/mol. The summed E-state index contributed by atoms with van der Waals surface area (Å²) in [4.78, 5) is 10.3. The van der Waals surface area contributed by atoms with Crippen LogP contribution in [0.3, 0.4) is 0 Å². The lowest BCUT2D eigenvalue weighted by atomic mass is 10.2. The van der Waals surface area contributed by atoms with E-state index in [9.17, 15) is 0 Å². The maximum Gasteiger partial charge on any atom is 0.139 e. The number of fused-ring (bicyclic) bond motifs is 1. The molecule has 3 heterocycles. The molecule has 4 heteroatoms. The van der Waals surface area contributed by atoms with Gasteiger partial charge in [0, 0.05) is 37.3 Å². The Hall–Kier alpha value is -2.33. The summed E-state index contributed by atoms with van der Waals surface area (Å²) in [6.07, 6.45) is 3.09. The predicted octanol–water partition coefficient (Wildman–Crippen LogP) is 3.25. The third-order valence-corrected chi connectivity index (χ3v) is 4.28. The highest BCUT2D eigenvalue weighted by atomic mass is 15.2. The fourth-order valence-corrected chi connectivity index (χ4v) is 3.16. The number of hydrogen-bond donors (Lipinski definition) is 2. The number of nitrogens with one attached hydrogen (secondary N) is 2. The Bertz CT molecular complexity index is 750. The summed E-state index contributed by atoms with van der Waals surface area (Å²) in [5.74, 6) is 0.960. The molecule has 112 valence electrons. The molecule has 0 spiro atoms. The van der Waals surface area contributed by atoms with E-state index >= 15 is 0 Å². The molecule has 1 unspecified atom stereocenters. The molecular weight excluding hydrogens is 272 g/mol. The van der Waals surface area contributed by atoms with Gasteiger partial charge in [-0.25, -0.2) is 4.98 Å².